The van der Waals surface area contributed by atoms with Crippen molar-refractivity contribution in [1.29, 1.82) is 0 Å². The van der Waals surface area contributed by atoms with Gasteiger partial charge in [-0.2, -0.15) is 13.2 Å². The molecule has 1 aliphatic heterocycles. The Morgan fingerprint density at radius 2 is 1.76 bits per heavy atom. The summed E-state index contributed by atoms with van der Waals surface area (Å²) in [5, 5.41) is 0.220. The van der Waals surface area contributed by atoms with Gasteiger partial charge in [0.2, 0.25) is 0 Å². The molecule has 134 valence electrons. The van der Waals surface area contributed by atoms with E-state index in [9.17, 15) is 27.6 Å². The Morgan fingerprint density at radius 1 is 1.24 bits per heavy atom. The van der Waals surface area contributed by atoms with Gasteiger partial charge in [0.1, 0.15) is 6.04 Å². The highest BCUT2D eigenvalue weighted by Crippen LogP contribution is 2.35. The van der Waals surface area contributed by atoms with E-state index in [1.807, 2.05) is 0 Å². The summed E-state index contributed by atoms with van der Waals surface area (Å²) in [6.45, 7) is 0. The molecule has 1 unspecified atom stereocenters. The molecule has 1 aromatic rings. The standard InChI is InChI=1S/C16H15F3N2O4/c1-20(9-6-7-9)12(16(17,18)19)8-13(22)25-21-14(23)10-4-2-3-5-11(10)15(21)24/h2-5,9,12H,6-8H2,1H3. The molecule has 1 aliphatic carbocycles. The van der Waals surface area contributed by atoms with Crippen LogP contribution in [0.2, 0.25) is 0 Å². The van der Waals surface area contributed by atoms with Crippen molar-refractivity contribution in [2.24, 2.45) is 0 Å². The first-order chi connectivity index (χ1) is 11.7. The molecule has 1 heterocycles. The van der Waals surface area contributed by atoms with E-state index in [4.69, 9.17) is 0 Å². The smallest absolute Gasteiger partial charge is 0.330 e. The Balaban J connectivity index is 1.70. The molecule has 1 saturated carbocycles. The van der Waals surface area contributed by atoms with Crippen LogP contribution in [0, 0.1) is 0 Å². The molecular formula is C16H15F3N2O4. The summed E-state index contributed by atoms with van der Waals surface area (Å²) in [5.41, 5.74) is 0.0885. The first kappa shape index (κ1) is 17.4. The molecule has 9 heteroatoms. The predicted molar refractivity (Wildman–Crippen MR) is 78.3 cm³/mol. The third-order valence-electron chi connectivity index (χ3n) is 4.30. The van der Waals surface area contributed by atoms with E-state index in [-0.39, 0.29) is 22.2 Å². The number of rotatable bonds is 5. The van der Waals surface area contributed by atoms with Crippen LogP contribution in [0.5, 0.6) is 0 Å². The van der Waals surface area contributed by atoms with Gasteiger partial charge in [0.15, 0.2) is 0 Å². The van der Waals surface area contributed by atoms with E-state index in [1.165, 1.54) is 31.3 Å². The fraction of sp³-hybridized carbons (Fsp3) is 0.438. The highest BCUT2D eigenvalue weighted by molar-refractivity contribution is 6.20. The van der Waals surface area contributed by atoms with E-state index in [2.05, 4.69) is 4.84 Å². The van der Waals surface area contributed by atoms with Crippen LogP contribution in [0.25, 0.3) is 0 Å². The van der Waals surface area contributed by atoms with Crippen molar-refractivity contribution in [1.82, 2.24) is 9.96 Å². The van der Waals surface area contributed by atoms with E-state index in [0.29, 0.717) is 12.8 Å². The molecule has 0 N–H and O–H groups in total. The summed E-state index contributed by atoms with van der Waals surface area (Å²) < 4.78 is 39.6. The molecule has 0 aromatic heterocycles. The molecule has 0 radical (unpaired) electrons. The first-order valence-electron chi connectivity index (χ1n) is 7.67. The number of carbonyl (C=O) groups excluding carboxylic acids is 3. The minimum Gasteiger partial charge on any atom is -0.330 e. The lowest BCUT2D eigenvalue weighted by Gasteiger charge is -2.29. The van der Waals surface area contributed by atoms with Crippen LogP contribution >= 0.6 is 0 Å². The molecule has 2 aliphatic rings. The summed E-state index contributed by atoms with van der Waals surface area (Å²) >= 11 is 0. The van der Waals surface area contributed by atoms with Crippen LogP contribution in [-0.4, -0.2) is 53.1 Å². The lowest BCUT2D eigenvalue weighted by atomic mass is 10.1. The molecular weight excluding hydrogens is 341 g/mol. The summed E-state index contributed by atoms with van der Waals surface area (Å²) in [6.07, 6.45) is -4.35. The minimum absolute atomic E-state index is 0.0442. The average Bonchev–Trinajstić information content (AvgIpc) is 3.36. The van der Waals surface area contributed by atoms with Crippen LogP contribution in [0.4, 0.5) is 13.2 Å². The number of fused-ring (bicyclic) bond motifs is 1. The average molecular weight is 356 g/mol. The van der Waals surface area contributed by atoms with Crippen molar-refractivity contribution in [2.45, 2.75) is 37.5 Å². The maximum Gasteiger partial charge on any atom is 0.404 e. The zero-order chi connectivity index (χ0) is 18.4. The number of benzene rings is 1. The second-order valence-electron chi connectivity index (χ2n) is 6.07. The monoisotopic (exact) mass is 356 g/mol. The molecule has 0 bridgehead atoms. The maximum absolute atomic E-state index is 13.2. The number of hydrogen-bond donors (Lipinski definition) is 0. The number of hydrogen-bond acceptors (Lipinski definition) is 5. The zero-order valence-corrected chi connectivity index (χ0v) is 13.2. The van der Waals surface area contributed by atoms with Gasteiger partial charge in [-0.15, -0.1) is 0 Å². The van der Waals surface area contributed by atoms with E-state index < -0.39 is 36.4 Å². The first-order valence-corrected chi connectivity index (χ1v) is 7.67. The predicted octanol–water partition coefficient (Wildman–Crippen LogP) is 2.16. The van der Waals surface area contributed by atoms with Gasteiger partial charge in [-0.3, -0.25) is 14.5 Å². The molecule has 0 saturated heterocycles. The highest BCUT2D eigenvalue weighted by atomic mass is 19.4. The number of alkyl halides is 3. The number of carbonyl (C=O) groups is 3. The summed E-state index contributed by atoms with van der Waals surface area (Å²) in [6, 6.07) is 3.56. The lowest BCUT2D eigenvalue weighted by Crippen LogP contribution is -2.47. The Labute approximate surface area is 141 Å². The maximum atomic E-state index is 13.2. The van der Waals surface area contributed by atoms with Gasteiger partial charge in [0.25, 0.3) is 11.8 Å². The Morgan fingerprint density at radius 3 is 2.20 bits per heavy atom. The second-order valence-corrected chi connectivity index (χ2v) is 6.07. The number of imide groups is 1. The van der Waals surface area contributed by atoms with Crippen molar-refractivity contribution < 1.29 is 32.4 Å². The van der Waals surface area contributed by atoms with Gasteiger partial charge in [0, 0.05) is 6.04 Å². The normalized spacial score (nSPS) is 18.5. The van der Waals surface area contributed by atoms with Gasteiger partial charge in [-0.05, 0) is 32.0 Å². The largest absolute Gasteiger partial charge is 0.404 e. The zero-order valence-electron chi connectivity index (χ0n) is 13.2. The quantitative estimate of drug-likeness (QED) is 0.757. The fourth-order valence-corrected chi connectivity index (χ4v) is 2.77. The van der Waals surface area contributed by atoms with Crippen molar-refractivity contribution in [3.63, 3.8) is 0 Å². The van der Waals surface area contributed by atoms with Gasteiger partial charge >= 0.3 is 12.1 Å². The number of amides is 2. The number of halogens is 3. The van der Waals surface area contributed by atoms with Crippen LogP contribution in [0.15, 0.2) is 24.3 Å². The Bertz CT molecular complexity index is 695. The van der Waals surface area contributed by atoms with Crippen LogP contribution in [-0.2, 0) is 9.63 Å². The van der Waals surface area contributed by atoms with E-state index in [1.54, 1.807) is 0 Å². The van der Waals surface area contributed by atoms with Crippen molar-refractivity contribution in [2.75, 3.05) is 7.05 Å². The third kappa shape index (κ3) is 3.37. The molecule has 6 nitrogen and oxygen atoms in total. The summed E-state index contributed by atoms with van der Waals surface area (Å²) in [5.74, 6) is -3.02. The Hall–Kier alpha value is -2.42. The van der Waals surface area contributed by atoms with Crippen LogP contribution < -0.4 is 0 Å². The lowest BCUT2D eigenvalue weighted by molar-refractivity contribution is -0.197. The number of hydroxylamine groups is 2. The second kappa shape index (κ2) is 6.14. The molecule has 1 aromatic carbocycles. The van der Waals surface area contributed by atoms with Crippen molar-refractivity contribution in [3.8, 4) is 0 Å². The van der Waals surface area contributed by atoms with E-state index in [0.717, 1.165) is 4.90 Å². The van der Waals surface area contributed by atoms with Crippen LogP contribution in [0.1, 0.15) is 40.0 Å². The van der Waals surface area contributed by atoms with Gasteiger partial charge < -0.3 is 4.84 Å². The van der Waals surface area contributed by atoms with Gasteiger partial charge in [0.05, 0.1) is 17.5 Å². The van der Waals surface area contributed by atoms with Crippen LogP contribution in [0.3, 0.4) is 0 Å². The summed E-state index contributed by atoms with van der Waals surface area (Å²) in [7, 11) is 1.30. The molecule has 1 fully saturated rings. The van der Waals surface area contributed by atoms with Crippen molar-refractivity contribution in [3.05, 3.63) is 35.4 Å². The van der Waals surface area contributed by atoms with Crippen molar-refractivity contribution >= 4 is 17.8 Å². The molecule has 25 heavy (non-hydrogen) atoms. The Kier molecular flexibility index (Phi) is 4.28. The molecule has 1 atom stereocenters. The van der Waals surface area contributed by atoms with Gasteiger partial charge in [-0.1, -0.05) is 17.2 Å². The van der Waals surface area contributed by atoms with E-state index >= 15 is 0 Å². The molecule has 3 rings (SSSR count). The topological polar surface area (TPSA) is 66.9 Å². The van der Waals surface area contributed by atoms with Gasteiger partial charge in [-0.25, -0.2) is 4.79 Å². The highest BCUT2D eigenvalue weighted by Gasteiger charge is 2.48. The molecule has 2 amide bonds. The summed E-state index contributed by atoms with van der Waals surface area (Å²) in [4.78, 5) is 41.8. The SMILES string of the molecule is CN(C1CC1)C(CC(=O)ON1C(=O)c2ccccc2C1=O)C(F)(F)F. The minimum atomic E-state index is -4.63. The number of nitrogens with zero attached hydrogens (tertiary/aromatic N) is 2. The fourth-order valence-electron chi connectivity index (χ4n) is 2.77. The molecule has 0 spiro atoms. The third-order valence-corrected chi connectivity index (χ3v) is 4.30.